The fraction of sp³-hybridized carbons (Fsp3) is 0.556. The number of rotatable bonds is 6. The van der Waals surface area contributed by atoms with Gasteiger partial charge in [-0.1, -0.05) is 0 Å². The molecule has 4 N–H and O–H groups in total. The van der Waals surface area contributed by atoms with Crippen LogP contribution in [-0.4, -0.2) is 59.5 Å². The van der Waals surface area contributed by atoms with Crippen LogP contribution in [-0.2, 0) is 4.74 Å². The minimum absolute atomic E-state index is 0.0981. The number of nitrogens with two attached hydrogens (primary N) is 1. The number of nitrogens with one attached hydrogen (secondary N) is 1. The SMILES string of the molecule is COCCN(CCO)C(=O)c1cc(N)n[nH]1. The van der Waals surface area contributed by atoms with E-state index in [1.54, 1.807) is 7.11 Å². The van der Waals surface area contributed by atoms with Gasteiger partial charge in [0.15, 0.2) is 0 Å². The summed E-state index contributed by atoms with van der Waals surface area (Å²) in [7, 11) is 1.55. The fourth-order valence-electron chi connectivity index (χ4n) is 1.25. The van der Waals surface area contributed by atoms with Crippen LogP contribution < -0.4 is 5.73 Å². The van der Waals surface area contributed by atoms with Gasteiger partial charge in [-0.25, -0.2) is 0 Å². The Kier molecular flexibility index (Phi) is 4.74. The second-order valence-electron chi connectivity index (χ2n) is 3.22. The van der Waals surface area contributed by atoms with Crippen LogP contribution >= 0.6 is 0 Å². The zero-order valence-corrected chi connectivity index (χ0v) is 9.14. The number of carbonyl (C=O) groups is 1. The highest BCUT2D eigenvalue weighted by atomic mass is 16.5. The second kappa shape index (κ2) is 6.09. The first-order valence-electron chi connectivity index (χ1n) is 4.89. The molecule has 1 amide bonds. The van der Waals surface area contributed by atoms with E-state index in [0.717, 1.165) is 0 Å². The lowest BCUT2D eigenvalue weighted by Crippen LogP contribution is -2.36. The number of nitrogens with zero attached hydrogens (tertiary/aromatic N) is 2. The topological polar surface area (TPSA) is 104 Å². The van der Waals surface area contributed by atoms with Crippen LogP contribution in [0.25, 0.3) is 0 Å². The number of aromatic amines is 1. The van der Waals surface area contributed by atoms with Gasteiger partial charge in [-0.2, -0.15) is 5.10 Å². The average Bonchev–Trinajstić information content (AvgIpc) is 2.70. The number of ether oxygens (including phenoxy) is 1. The molecule has 0 saturated carbocycles. The van der Waals surface area contributed by atoms with Crippen molar-refractivity contribution in [3.8, 4) is 0 Å². The van der Waals surface area contributed by atoms with Crippen molar-refractivity contribution in [1.82, 2.24) is 15.1 Å². The average molecular weight is 228 g/mol. The third kappa shape index (κ3) is 3.21. The van der Waals surface area contributed by atoms with Crippen molar-refractivity contribution in [2.45, 2.75) is 0 Å². The second-order valence-corrected chi connectivity index (χ2v) is 3.22. The Labute approximate surface area is 93.2 Å². The van der Waals surface area contributed by atoms with Crippen molar-refractivity contribution in [2.75, 3.05) is 39.1 Å². The van der Waals surface area contributed by atoms with Crippen molar-refractivity contribution < 1.29 is 14.6 Å². The van der Waals surface area contributed by atoms with Crippen molar-refractivity contribution >= 4 is 11.7 Å². The molecule has 0 bridgehead atoms. The molecule has 0 aliphatic heterocycles. The van der Waals surface area contributed by atoms with Crippen LogP contribution in [0.3, 0.4) is 0 Å². The van der Waals surface area contributed by atoms with Crippen LogP contribution in [0.4, 0.5) is 5.82 Å². The Balaban J connectivity index is 2.66. The van der Waals surface area contributed by atoms with Crippen molar-refractivity contribution in [3.63, 3.8) is 0 Å². The molecular formula is C9H16N4O3. The Bertz CT molecular complexity index is 339. The lowest BCUT2D eigenvalue weighted by molar-refractivity contribution is 0.0651. The minimum atomic E-state index is -0.254. The van der Waals surface area contributed by atoms with Gasteiger partial charge in [0.1, 0.15) is 11.5 Å². The quantitative estimate of drug-likeness (QED) is 0.583. The van der Waals surface area contributed by atoms with Gasteiger partial charge in [0.25, 0.3) is 5.91 Å². The highest BCUT2D eigenvalue weighted by molar-refractivity contribution is 5.92. The van der Waals surface area contributed by atoms with Gasteiger partial charge in [-0.05, 0) is 0 Å². The monoisotopic (exact) mass is 228 g/mol. The van der Waals surface area contributed by atoms with E-state index in [4.69, 9.17) is 15.6 Å². The van der Waals surface area contributed by atoms with Crippen LogP contribution in [0.15, 0.2) is 6.07 Å². The van der Waals surface area contributed by atoms with E-state index in [9.17, 15) is 4.79 Å². The van der Waals surface area contributed by atoms with Crippen molar-refractivity contribution in [3.05, 3.63) is 11.8 Å². The molecule has 0 aromatic carbocycles. The highest BCUT2D eigenvalue weighted by Gasteiger charge is 2.16. The summed E-state index contributed by atoms with van der Waals surface area (Å²) in [4.78, 5) is 13.4. The van der Waals surface area contributed by atoms with Gasteiger partial charge < -0.3 is 20.5 Å². The number of hydrogen-bond donors (Lipinski definition) is 3. The summed E-state index contributed by atoms with van der Waals surface area (Å²) in [6.45, 7) is 0.977. The summed E-state index contributed by atoms with van der Waals surface area (Å²) < 4.78 is 4.88. The zero-order valence-electron chi connectivity index (χ0n) is 9.14. The lowest BCUT2D eigenvalue weighted by atomic mass is 10.3. The summed E-state index contributed by atoms with van der Waals surface area (Å²) in [5.74, 6) is 0.00865. The van der Waals surface area contributed by atoms with E-state index in [1.807, 2.05) is 0 Å². The number of hydrogen-bond acceptors (Lipinski definition) is 5. The molecule has 1 heterocycles. The maximum atomic E-state index is 11.9. The molecule has 0 spiro atoms. The van der Waals surface area contributed by atoms with E-state index in [2.05, 4.69) is 10.2 Å². The third-order valence-electron chi connectivity index (χ3n) is 2.05. The van der Waals surface area contributed by atoms with Crippen molar-refractivity contribution in [1.29, 1.82) is 0 Å². The van der Waals surface area contributed by atoms with E-state index >= 15 is 0 Å². The molecule has 7 nitrogen and oxygen atoms in total. The van der Waals surface area contributed by atoms with Gasteiger partial charge in [0.2, 0.25) is 0 Å². The predicted octanol–water partition coefficient (Wildman–Crippen LogP) is -0.927. The molecule has 0 saturated heterocycles. The number of aromatic nitrogens is 2. The van der Waals surface area contributed by atoms with Crippen molar-refractivity contribution in [2.24, 2.45) is 0 Å². The van der Waals surface area contributed by atoms with Crippen LogP contribution in [0.1, 0.15) is 10.5 Å². The molecule has 0 unspecified atom stereocenters. The smallest absolute Gasteiger partial charge is 0.272 e. The third-order valence-corrected chi connectivity index (χ3v) is 2.05. The Morgan fingerprint density at radius 2 is 2.44 bits per heavy atom. The number of methoxy groups -OCH3 is 1. The number of aliphatic hydroxyl groups is 1. The lowest BCUT2D eigenvalue weighted by Gasteiger charge is -2.20. The van der Waals surface area contributed by atoms with E-state index < -0.39 is 0 Å². The molecule has 0 fully saturated rings. The maximum absolute atomic E-state index is 11.9. The molecule has 0 radical (unpaired) electrons. The zero-order chi connectivity index (χ0) is 12.0. The first-order valence-corrected chi connectivity index (χ1v) is 4.89. The first-order chi connectivity index (χ1) is 7.69. The summed E-state index contributed by atoms with van der Waals surface area (Å²) >= 11 is 0. The molecule has 0 atom stereocenters. The standard InChI is InChI=1S/C9H16N4O3/c1-16-5-3-13(2-4-14)9(15)7-6-8(10)12-11-7/h6,14H,2-5H2,1H3,(H3,10,11,12). The summed E-state index contributed by atoms with van der Waals surface area (Å²) in [5.41, 5.74) is 5.71. The molecule has 1 aromatic heterocycles. The van der Waals surface area contributed by atoms with Crippen LogP contribution in [0, 0.1) is 0 Å². The van der Waals surface area contributed by atoms with E-state index in [0.29, 0.717) is 18.8 Å². The normalized spacial score (nSPS) is 10.4. The Hall–Kier alpha value is -1.60. The van der Waals surface area contributed by atoms with Gasteiger partial charge in [0, 0.05) is 26.3 Å². The van der Waals surface area contributed by atoms with Crippen LogP contribution in [0.2, 0.25) is 0 Å². The van der Waals surface area contributed by atoms with E-state index in [1.165, 1.54) is 11.0 Å². The molecule has 1 rings (SSSR count). The molecule has 7 heteroatoms. The summed E-state index contributed by atoms with van der Waals surface area (Å²) in [5, 5.41) is 15.1. The van der Waals surface area contributed by atoms with Gasteiger partial charge >= 0.3 is 0 Å². The van der Waals surface area contributed by atoms with Gasteiger partial charge in [-0.15, -0.1) is 0 Å². The molecule has 90 valence electrons. The highest BCUT2D eigenvalue weighted by Crippen LogP contribution is 2.04. The maximum Gasteiger partial charge on any atom is 0.272 e. The summed E-state index contributed by atoms with van der Waals surface area (Å²) in [6, 6.07) is 1.46. The van der Waals surface area contributed by atoms with Gasteiger partial charge in [0.05, 0.1) is 13.2 Å². The van der Waals surface area contributed by atoms with Crippen LogP contribution in [0.5, 0.6) is 0 Å². The fourth-order valence-corrected chi connectivity index (χ4v) is 1.25. The molecule has 0 aliphatic rings. The molecule has 16 heavy (non-hydrogen) atoms. The number of nitrogen functional groups attached to an aromatic ring is 1. The Morgan fingerprint density at radius 1 is 1.69 bits per heavy atom. The molecular weight excluding hydrogens is 212 g/mol. The molecule has 1 aromatic rings. The largest absolute Gasteiger partial charge is 0.395 e. The Morgan fingerprint density at radius 3 is 2.94 bits per heavy atom. The number of anilines is 1. The number of carbonyl (C=O) groups excluding carboxylic acids is 1. The number of amides is 1. The predicted molar refractivity (Wildman–Crippen MR) is 57.9 cm³/mol. The summed E-state index contributed by atoms with van der Waals surface area (Å²) in [6.07, 6.45) is 0. The number of H-pyrrole nitrogens is 1. The number of aliphatic hydroxyl groups excluding tert-OH is 1. The van der Waals surface area contributed by atoms with E-state index in [-0.39, 0.29) is 24.9 Å². The first kappa shape index (κ1) is 12.5. The minimum Gasteiger partial charge on any atom is -0.395 e. The van der Waals surface area contributed by atoms with Gasteiger partial charge in [-0.3, -0.25) is 9.89 Å². The molecule has 0 aliphatic carbocycles.